The number of amides is 1. The minimum Gasteiger partial charge on any atom is -0.467 e. The molecule has 5 heteroatoms. The Morgan fingerprint density at radius 1 is 0.875 bits per heavy atom. The summed E-state index contributed by atoms with van der Waals surface area (Å²) in [6, 6.07) is 28.2. The van der Waals surface area contributed by atoms with Crippen LogP contribution < -0.4 is 0 Å². The van der Waals surface area contributed by atoms with E-state index in [1.807, 2.05) is 84.9 Å². The highest BCUT2D eigenvalue weighted by molar-refractivity contribution is 6.08. The third-order valence-electron chi connectivity index (χ3n) is 5.91. The van der Waals surface area contributed by atoms with Crippen LogP contribution in [0.2, 0.25) is 0 Å². The maximum atomic E-state index is 13.9. The van der Waals surface area contributed by atoms with Gasteiger partial charge >= 0.3 is 5.97 Å². The topological polar surface area (TPSA) is 59.5 Å². The van der Waals surface area contributed by atoms with E-state index >= 15 is 0 Å². The van der Waals surface area contributed by atoms with Gasteiger partial charge in [0.15, 0.2) is 5.54 Å². The molecular formula is C27H24N2O3. The molecule has 0 radical (unpaired) electrons. The summed E-state index contributed by atoms with van der Waals surface area (Å²) < 4.78 is 5.11. The first-order chi connectivity index (χ1) is 15.5. The van der Waals surface area contributed by atoms with E-state index in [9.17, 15) is 9.59 Å². The Morgan fingerprint density at radius 3 is 2.12 bits per heavy atom. The molecule has 0 bridgehead atoms. The van der Waals surface area contributed by atoms with Crippen LogP contribution in [0.5, 0.6) is 0 Å². The van der Waals surface area contributed by atoms with Crippen LogP contribution in [0.4, 0.5) is 0 Å². The first-order valence-corrected chi connectivity index (χ1v) is 10.3. The fourth-order valence-electron chi connectivity index (χ4n) is 3.90. The molecule has 0 saturated carbocycles. The van der Waals surface area contributed by atoms with Gasteiger partial charge in [0.1, 0.15) is 0 Å². The van der Waals surface area contributed by atoms with Crippen LogP contribution in [0, 0.1) is 0 Å². The lowest BCUT2D eigenvalue weighted by Gasteiger charge is -2.37. The summed E-state index contributed by atoms with van der Waals surface area (Å²) in [6.45, 7) is 1.70. The number of aromatic nitrogens is 1. The third kappa shape index (κ3) is 3.62. The van der Waals surface area contributed by atoms with Crippen molar-refractivity contribution in [3.05, 3.63) is 102 Å². The molecular weight excluding hydrogens is 400 g/mol. The second kappa shape index (κ2) is 8.63. The first kappa shape index (κ1) is 21.2. The quantitative estimate of drug-likeness (QED) is 0.420. The van der Waals surface area contributed by atoms with Crippen molar-refractivity contribution in [2.24, 2.45) is 0 Å². The second-order valence-electron chi connectivity index (χ2n) is 7.73. The van der Waals surface area contributed by atoms with Gasteiger partial charge in [-0.3, -0.25) is 4.79 Å². The molecule has 1 atom stereocenters. The van der Waals surface area contributed by atoms with Crippen LogP contribution in [0.1, 0.15) is 22.8 Å². The van der Waals surface area contributed by atoms with Crippen molar-refractivity contribution in [1.29, 1.82) is 0 Å². The highest BCUT2D eigenvalue weighted by Crippen LogP contribution is 2.32. The van der Waals surface area contributed by atoms with Gasteiger partial charge in [-0.2, -0.15) is 0 Å². The van der Waals surface area contributed by atoms with Gasteiger partial charge < -0.3 is 9.64 Å². The minimum absolute atomic E-state index is 0.294. The predicted molar refractivity (Wildman–Crippen MR) is 125 cm³/mol. The summed E-state index contributed by atoms with van der Waals surface area (Å²) >= 11 is 0. The van der Waals surface area contributed by atoms with Crippen molar-refractivity contribution in [2.75, 3.05) is 14.2 Å². The molecule has 1 heterocycles. The zero-order chi connectivity index (χ0) is 22.7. The van der Waals surface area contributed by atoms with Gasteiger partial charge in [-0.15, -0.1) is 0 Å². The number of hydrogen-bond acceptors (Lipinski definition) is 4. The van der Waals surface area contributed by atoms with E-state index in [0.717, 1.165) is 10.9 Å². The predicted octanol–water partition coefficient (Wildman–Crippen LogP) is 5.06. The van der Waals surface area contributed by atoms with Crippen LogP contribution >= 0.6 is 0 Å². The SMILES string of the molecule is COC(=O)[C@](C)(c1ccccc1)N(C)C(=O)c1cc(-c2ccccc2)nc2ccccc12. The highest BCUT2D eigenvalue weighted by Gasteiger charge is 2.43. The lowest BCUT2D eigenvalue weighted by molar-refractivity contribution is -0.152. The molecule has 5 nitrogen and oxygen atoms in total. The molecule has 0 fully saturated rings. The molecule has 3 aromatic carbocycles. The molecule has 0 aliphatic heterocycles. The van der Waals surface area contributed by atoms with Gasteiger partial charge in [0, 0.05) is 18.0 Å². The average molecular weight is 425 g/mol. The Balaban J connectivity index is 1.88. The molecule has 4 rings (SSSR count). The zero-order valence-corrected chi connectivity index (χ0v) is 18.3. The number of fused-ring (bicyclic) bond motifs is 1. The molecule has 1 amide bonds. The summed E-state index contributed by atoms with van der Waals surface area (Å²) in [7, 11) is 2.96. The van der Waals surface area contributed by atoms with Gasteiger partial charge in [-0.1, -0.05) is 78.9 Å². The highest BCUT2D eigenvalue weighted by atomic mass is 16.5. The maximum Gasteiger partial charge on any atom is 0.336 e. The molecule has 0 saturated heterocycles. The van der Waals surface area contributed by atoms with Crippen LogP contribution in [0.15, 0.2) is 91.0 Å². The Hall–Kier alpha value is -3.99. The minimum atomic E-state index is -1.30. The molecule has 0 aliphatic carbocycles. The normalized spacial score (nSPS) is 12.7. The Bertz CT molecular complexity index is 1270. The van der Waals surface area contributed by atoms with E-state index < -0.39 is 11.5 Å². The monoisotopic (exact) mass is 424 g/mol. The first-order valence-electron chi connectivity index (χ1n) is 10.3. The number of pyridine rings is 1. The maximum absolute atomic E-state index is 13.9. The second-order valence-corrected chi connectivity index (χ2v) is 7.73. The van der Waals surface area contributed by atoms with Crippen LogP contribution in [-0.4, -0.2) is 35.9 Å². The van der Waals surface area contributed by atoms with Gasteiger partial charge in [0.2, 0.25) is 0 Å². The Labute approximate surface area is 187 Å². The molecule has 0 spiro atoms. The summed E-state index contributed by atoms with van der Waals surface area (Å²) in [5, 5.41) is 0.726. The summed E-state index contributed by atoms with van der Waals surface area (Å²) in [5.41, 5.74) is 2.16. The summed E-state index contributed by atoms with van der Waals surface area (Å²) in [5.74, 6) is -0.807. The van der Waals surface area contributed by atoms with Crippen molar-refractivity contribution < 1.29 is 14.3 Å². The van der Waals surface area contributed by atoms with Gasteiger partial charge in [-0.25, -0.2) is 9.78 Å². The molecule has 32 heavy (non-hydrogen) atoms. The number of nitrogens with zero attached hydrogens (tertiary/aromatic N) is 2. The number of esters is 1. The number of carbonyl (C=O) groups is 2. The largest absolute Gasteiger partial charge is 0.467 e. The molecule has 4 aromatic rings. The standard InChI is InChI=1S/C27H24N2O3/c1-27(26(31)32-3,20-14-8-5-9-15-20)29(2)25(30)22-18-24(19-12-6-4-7-13-19)28-23-17-11-10-16-21(22)23/h4-18H,1-3H3/t27-/m0/s1. The fraction of sp³-hybridized carbons (Fsp3) is 0.148. The van der Waals surface area contributed by atoms with Crippen LogP contribution in [0.3, 0.4) is 0 Å². The van der Waals surface area contributed by atoms with E-state index in [0.29, 0.717) is 22.3 Å². The third-order valence-corrected chi connectivity index (χ3v) is 5.91. The lowest BCUT2D eigenvalue weighted by Crippen LogP contribution is -2.51. The van der Waals surface area contributed by atoms with E-state index in [4.69, 9.17) is 9.72 Å². The van der Waals surface area contributed by atoms with Crippen molar-refractivity contribution in [1.82, 2.24) is 9.88 Å². The summed E-state index contributed by atoms with van der Waals surface area (Å²) in [4.78, 5) is 33.0. The number of ether oxygens (including phenoxy) is 1. The van der Waals surface area contributed by atoms with E-state index in [1.165, 1.54) is 12.0 Å². The molecule has 1 aromatic heterocycles. The van der Waals surface area contributed by atoms with E-state index in [1.54, 1.807) is 20.0 Å². The Kier molecular flexibility index (Phi) is 5.73. The number of carbonyl (C=O) groups excluding carboxylic acids is 2. The fourth-order valence-corrected chi connectivity index (χ4v) is 3.90. The van der Waals surface area contributed by atoms with Crippen LogP contribution in [0.25, 0.3) is 22.2 Å². The Morgan fingerprint density at radius 2 is 1.47 bits per heavy atom. The van der Waals surface area contributed by atoms with Gasteiger partial charge in [-0.05, 0) is 24.6 Å². The van der Waals surface area contributed by atoms with Crippen molar-refractivity contribution in [2.45, 2.75) is 12.5 Å². The van der Waals surface area contributed by atoms with Crippen molar-refractivity contribution in [3.8, 4) is 11.3 Å². The molecule has 160 valence electrons. The van der Waals surface area contributed by atoms with Gasteiger partial charge in [0.05, 0.1) is 23.9 Å². The number of methoxy groups -OCH3 is 1. The zero-order valence-electron chi connectivity index (χ0n) is 18.3. The summed E-state index contributed by atoms with van der Waals surface area (Å²) in [6.07, 6.45) is 0. The molecule has 0 N–H and O–H groups in total. The van der Waals surface area contributed by atoms with Gasteiger partial charge in [0.25, 0.3) is 5.91 Å². The number of rotatable bonds is 5. The smallest absolute Gasteiger partial charge is 0.336 e. The van der Waals surface area contributed by atoms with Crippen molar-refractivity contribution >= 4 is 22.8 Å². The van der Waals surface area contributed by atoms with Crippen molar-refractivity contribution in [3.63, 3.8) is 0 Å². The van der Waals surface area contributed by atoms with Crippen LogP contribution in [-0.2, 0) is 15.1 Å². The molecule has 0 aliphatic rings. The number of para-hydroxylation sites is 1. The number of likely N-dealkylation sites (N-methyl/N-ethyl adjacent to an activating group) is 1. The number of hydrogen-bond donors (Lipinski definition) is 0. The van der Waals surface area contributed by atoms with E-state index in [-0.39, 0.29) is 5.91 Å². The lowest BCUT2D eigenvalue weighted by atomic mass is 9.89. The average Bonchev–Trinajstić information content (AvgIpc) is 2.87. The number of benzene rings is 3. The van der Waals surface area contributed by atoms with E-state index in [2.05, 4.69) is 0 Å². The molecule has 0 unspecified atom stereocenters.